The Morgan fingerprint density at radius 1 is 1.30 bits per heavy atom. The maximum Gasteiger partial charge on any atom is 0.260 e. The molecule has 2 heterocycles. The third kappa shape index (κ3) is 4.15. The molecule has 9 heteroatoms. The van der Waals surface area contributed by atoms with Crippen LogP contribution in [0.25, 0.3) is 11.5 Å². The van der Waals surface area contributed by atoms with Gasteiger partial charge in [0.1, 0.15) is 0 Å². The van der Waals surface area contributed by atoms with Gasteiger partial charge in [0.05, 0.1) is 10.5 Å². The lowest BCUT2D eigenvalue weighted by Crippen LogP contribution is -2.24. The number of aromatic nitrogens is 2. The smallest absolute Gasteiger partial charge is 0.260 e. The molecule has 0 radical (unpaired) electrons. The van der Waals surface area contributed by atoms with E-state index >= 15 is 0 Å². The monoisotopic (exact) mass is 393 g/mol. The third-order valence-electron chi connectivity index (χ3n) is 4.87. The molecule has 0 amide bonds. The molecule has 0 saturated carbocycles. The fourth-order valence-corrected chi connectivity index (χ4v) is 4.04. The van der Waals surface area contributed by atoms with E-state index in [1.165, 1.54) is 18.4 Å². The van der Waals surface area contributed by atoms with Crippen LogP contribution < -0.4 is 10.2 Å². The Hall–Kier alpha value is -1.97. The number of hydrogen-bond donors (Lipinski definition) is 1. The van der Waals surface area contributed by atoms with E-state index in [1.54, 1.807) is 12.1 Å². The molecule has 2 aromatic rings. The molecule has 1 aliphatic heterocycles. The summed E-state index contributed by atoms with van der Waals surface area (Å²) in [5.41, 5.74) is 1.60. The van der Waals surface area contributed by atoms with Crippen LogP contribution in [0.5, 0.6) is 0 Å². The van der Waals surface area contributed by atoms with E-state index in [2.05, 4.69) is 20.4 Å². The second-order valence-corrected chi connectivity index (χ2v) is 9.22. The molecule has 1 aliphatic rings. The van der Waals surface area contributed by atoms with E-state index in [-0.39, 0.29) is 10.9 Å². The van der Waals surface area contributed by atoms with Crippen molar-refractivity contribution >= 4 is 15.7 Å². The van der Waals surface area contributed by atoms with Crippen LogP contribution in [0, 0.1) is 0 Å². The molecule has 1 aromatic heterocycles. The fraction of sp³-hybridized carbons (Fsp3) is 0.556. The Kier molecular flexibility index (Phi) is 5.83. The second-order valence-electron chi connectivity index (χ2n) is 7.07. The zero-order valence-corrected chi connectivity index (χ0v) is 17.1. The highest BCUT2D eigenvalue weighted by atomic mass is 32.2. The van der Waals surface area contributed by atoms with Gasteiger partial charge in [0.2, 0.25) is 10.0 Å². The summed E-state index contributed by atoms with van der Waals surface area (Å²) in [6.07, 6.45) is 2.87. The van der Waals surface area contributed by atoms with Crippen molar-refractivity contribution in [2.45, 2.75) is 37.1 Å². The van der Waals surface area contributed by atoms with E-state index in [9.17, 15) is 8.42 Å². The first-order valence-electron chi connectivity index (χ1n) is 9.14. The van der Waals surface area contributed by atoms with Gasteiger partial charge < -0.3 is 14.7 Å². The number of nitrogens with zero attached hydrogens (tertiary/aromatic N) is 4. The van der Waals surface area contributed by atoms with Crippen LogP contribution in [0.2, 0.25) is 0 Å². The molecule has 8 nitrogen and oxygen atoms in total. The number of nitrogens with one attached hydrogen (secondary N) is 1. The predicted molar refractivity (Wildman–Crippen MR) is 104 cm³/mol. The van der Waals surface area contributed by atoms with E-state index in [0.717, 1.165) is 31.6 Å². The maximum atomic E-state index is 12.6. The summed E-state index contributed by atoms with van der Waals surface area (Å²) >= 11 is 0. The lowest BCUT2D eigenvalue weighted by atomic mass is 10.1. The first-order chi connectivity index (χ1) is 12.8. The molecule has 148 valence electrons. The summed E-state index contributed by atoms with van der Waals surface area (Å²) < 4.78 is 31.9. The highest BCUT2D eigenvalue weighted by Gasteiger charge is 2.25. The molecule has 1 unspecified atom stereocenters. The number of anilines is 1. The Morgan fingerprint density at radius 3 is 2.63 bits per heavy atom. The number of likely N-dealkylation sites (N-methyl/N-ethyl adjacent to an activating group) is 1. The molecule has 1 N–H and O–H groups in total. The van der Waals surface area contributed by atoms with E-state index in [0.29, 0.717) is 23.7 Å². The van der Waals surface area contributed by atoms with Crippen LogP contribution in [0.15, 0.2) is 27.6 Å². The van der Waals surface area contributed by atoms with Gasteiger partial charge in [0.25, 0.3) is 5.89 Å². The quantitative estimate of drug-likeness (QED) is 0.766. The average Bonchev–Trinajstić information content (AvgIpc) is 3.33. The molecule has 1 saturated heterocycles. The highest BCUT2D eigenvalue weighted by molar-refractivity contribution is 7.89. The Morgan fingerprint density at radius 2 is 2.00 bits per heavy atom. The molecule has 27 heavy (non-hydrogen) atoms. The van der Waals surface area contributed by atoms with Gasteiger partial charge in [0.15, 0.2) is 5.82 Å². The van der Waals surface area contributed by atoms with Crippen molar-refractivity contribution in [3.63, 3.8) is 0 Å². The van der Waals surface area contributed by atoms with Gasteiger partial charge in [-0.1, -0.05) is 5.16 Å². The summed E-state index contributed by atoms with van der Waals surface area (Å²) in [5.74, 6) is 0.950. The van der Waals surface area contributed by atoms with Crippen molar-refractivity contribution in [1.29, 1.82) is 0 Å². The minimum Gasteiger partial charge on any atom is -0.371 e. The van der Waals surface area contributed by atoms with E-state index in [4.69, 9.17) is 4.52 Å². The molecule has 1 aromatic carbocycles. The van der Waals surface area contributed by atoms with Crippen molar-refractivity contribution in [2.24, 2.45) is 0 Å². The summed E-state index contributed by atoms with van der Waals surface area (Å²) in [7, 11) is 1.38. The van der Waals surface area contributed by atoms with Gasteiger partial charge in [0, 0.05) is 45.3 Å². The topological polar surface area (TPSA) is 91.6 Å². The summed E-state index contributed by atoms with van der Waals surface area (Å²) in [5, 5.41) is 7.22. The normalized spacial score (nSPS) is 16.3. The van der Waals surface area contributed by atoms with Gasteiger partial charge in [-0.3, -0.25) is 0 Å². The minimum absolute atomic E-state index is 0.216. The average molecular weight is 394 g/mol. The second kappa shape index (κ2) is 7.95. The lowest BCUT2D eigenvalue weighted by molar-refractivity contribution is 0.418. The molecule has 1 atom stereocenters. The molecule has 0 bridgehead atoms. The molecular formula is C18H27N5O3S. The van der Waals surface area contributed by atoms with Gasteiger partial charge in [-0.15, -0.1) is 0 Å². The van der Waals surface area contributed by atoms with Crippen molar-refractivity contribution in [3.8, 4) is 11.5 Å². The minimum atomic E-state index is -3.55. The summed E-state index contributed by atoms with van der Waals surface area (Å²) in [6.45, 7) is 3.91. The number of hydrogen-bond acceptors (Lipinski definition) is 7. The van der Waals surface area contributed by atoms with E-state index < -0.39 is 10.0 Å². The lowest BCUT2D eigenvalue weighted by Gasteiger charge is -2.21. The van der Waals surface area contributed by atoms with Crippen LogP contribution in [0.4, 0.5) is 5.69 Å². The van der Waals surface area contributed by atoms with Gasteiger partial charge in [-0.05, 0) is 45.0 Å². The van der Waals surface area contributed by atoms with Crippen molar-refractivity contribution in [3.05, 3.63) is 24.0 Å². The van der Waals surface area contributed by atoms with Crippen LogP contribution in [0.1, 0.15) is 25.6 Å². The summed E-state index contributed by atoms with van der Waals surface area (Å²) in [4.78, 5) is 6.97. The predicted octanol–water partition coefficient (Wildman–Crippen LogP) is 1.74. The van der Waals surface area contributed by atoms with E-state index in [1.807, 2.05) is 20.0 Å². The first-order valence-corrected chi connectivity index (χ1v) is 10.6. The standard InChI is InChI=1S/C18H27N5O3S/c1-13(19-2)11-17-20-18(26-21-17)15-12-14(27(24,25)22(3)4)7-8-16(15)23-9-5-6-10-23/h7-8,12-13,19H,5-6,9-11H2,1-4H3. The zero-order chi connectivity index (χ0) is 19.6. The van der Waals surface area contributed by atoms with Gasteiger partial charge in [-0.25, -0.2) is 12.7 Å². The maximum absolute atomic E-state index is 12.6. The Bertz CT molecular complexity index is 888. The van der Waals surface area contributed by atoms with Gasteiger partial charge >= 0.3 is 0 Å². The molecule has 0 aliphatic carbocycles. The highest BCUT2D eigenvalue weighted by Crippen LogP contribution is 2.34. The van der Waals surface area contributed by atoms with Gasteiger partial charge in [-0.2, -0.15) is 4.98 Å². The van der Waals surface area contributed by atoms with Crippen molar-refractivity contribution in [2.75, 3.05) is 39.1 Å². The largest absolute Gasteiger partial charge is 0.371 e. The number of rotatable bonds is 7. The number of sulfonamides is 1. The Balaban J connectivity index is 2.05. The fourth-order valence-electron chi connectivity index (χ4n) is 3.11. The molecular weight excluding hydrogens is 366 g/mol. The first kappa shape index (κ1) is 19.8. The van der Waals surface area contributed by atoms with Crippen molar-refractivity contribution in [1.82, 2.24) is 19.8 Å². The molecule has 1 fully saturated rings. The summed E-state index contributed by atoms with van der Waals surface area (Å²) in [6, 6.07) is 5.35. The van der Waals surface area contributed by atoms with Crippen LogP contribution in [-0.4, -0.2) is 63.1 Å². The van der Waals surface area contributed by atoms with Crippen LogP contribution in [-0.2, 0) is 16.4 Å². The number of benzene rings is 1. The molecule has 0 spiro atoms. The third-order valence-corrected chi connectivity index (χ3v) is 6.68. The van der Waals surface area contributed by atoms with Crippen LogP contribution >= 0.6 is 0 Å². The molecule has 3 rings (SSSR count). The van der Waals surface area contributed by atoms with Crippen molar-refractivity contribution < 1.29 is 12.9 Å². The Labute approximate surface area is 160 Å². The zero-order valence-electron chi connectivity index (χ0n) is 16.3. The SMILES string of the molecule is CNC(C)Cc1noc(-c2cc(S(=O)(=O)N(C)C)ccc2N2CCCC2)n1. The van der Waals surface area contributed by atoms with Crippen LogP contribution in [0.3, 0.4) is 0 Å².